The molecule has 0 aliphatic carbocycles. The number of carboxylic acid groups (broad SMARTS) is 2. The van der Waals surface area contributed by atoms with E-state index in [9.17, 15) is 24.3 Å². The highest BCUT2D eigenvalue weighted by molar-refractivity contribution is 6.11. The van der Waals surface area contributed by atoms with E-state index in [-0.39, 0.29) is 6.42 Å². The average Bonchev–Trinajstić information content (AvgIpc) is 2.39. The quantitative estimate of drug-likeness (QED) is 0.208. The molecule has 0 saturated heterocycles. The number of aliphatic carboxylic acids is 2. The molecular weight excluding hydrogens is 294 g/mol. The van der Waals surface area contributed by atoms with Crippen LogP contribution in [0.25, 0.3) is 0 Å². The van der Waals surface area contributed by atoms with Crippen molar-refractivity contribution in [1.82, 2.24) is 4.91 Å². The molecule has 0 amide bonds. The minimum absolute atomic E-state index is 0.123. The van der Waals surface area contributed by atoms with Crippen molar-refractivity contribution in [3.8, 4) is 0 Å². The Bertz CT molecular complexity index is 442. The predicted octanol–water partition coefficient (Wildman–Crippen LogP) is -0.144. The zero-order valence-corrected chi connectivity index (χ0v) is 12.1. The first-order valence-corrected chi connectivity index (χ1v) is 6.88. The van der Waals surface area contributed by atoms with E-state index in [2.05, 4.69) is 10.0 Å². The number of nitrogens with zero attached hydrogens (tertiary/aromatic N) is 2. The first-order valence-electron chi connectivity index (χ1n) is 6.88. The summed E-state index contributed by atoms with van der Waals surface area (Å²) in [5.41, 5.74) is 6.46. The number of carbonyl (C=O) groups excluding carboxylic acids is 3. The van der Waals surface area contributed by atoms with Crippen LogP contribution in [-0.4, -0.2) is 35.2 Å². The fourth-order valence-electron chi connectivity index (χ4n) is 1.97. The zero-order valence-electron chi connectivity index (χ0n) is 12.1. The molecule has 9 heteroatoms. The van der Waals surface area contributed by atoms with Gasteiger partial charge in [0.25, 0.3) is 0 Å². The smallest absolute Gasteiger partial charge is 0.310 e. The van der Waals surface area contributed by atoms with Gasteiger partial charge in [0.1, 0.15) is 29.4 Å². The number of hydrogen-bond donors (Lipinski definition) is 2. The third-order valence-corrected chi connectivity index (χ3v) is 2.99. The Morgan fingerprint density at radius 3 is 2.18 bits per heavy atom. The number of carbonyl (C=O) groups is 4. The molecule has 0 fully saturated rings. The first kappa shape index (κ1) is 19.6. The third-order valence-electron chi connectivity index (χ3n) is 2.99. The molecule has 0 spiro atoms. The van der Waals surface area contributed by atoms with Crippen molar-refractivity contribution in [1.29, 1.82) is 5.53 Å². The summed E-state index contributed by atoms with van der Waals surface area (Å²) >= 11 is 0. The molecule has 0 heterocycles. The summed E-state index contributed by atoms with van der Waals surface area (Å²) in [4.78, 5) is 47.3. The lowest BCUT2D eigenvalue weighted by Crippen LogP contribution is -2.32. The Labute approximate surface area is 126 Å². The number of rotatable bonds is 13. The highest BCUT2D eigenvalue weighted by Gasteiger charge is 2.27. The number of Topliss-reactive ketones (excluding diaryl/α,β-unsaturated/α-hetero) is 2. The molecule has 2 N–H and O–H groups in total. The summed E-state index contributed by atoms with van der Waals surface area (Å²) in [6.07, 6.45) is 1.08. The minimum Gasteiger partial charge on any atom is -0.550 e. The lowest BCUT2D eigenvalue weighted by atomic mass is 9.89. The maximum absolute atomic E-state index is 11.7. The Morgan fingerprint density at radius 2 is 1.64 bits per heavy atom. The number of hydrogen-bond acceptors (Lipinski definition) is 7. The van der Waals surface area contributed by atoms with E-state index in [0.717, 1.165) is 6.42 Å². The van der Waals surface area contributed by atoms with Crippen molar-refractivity contribution >= 4 is 23.5 Å². The molecule has 0 aliphatic rings. The summed E-state index contributed by atoms with van der Waals surface area (Å²) in [6, 6.07) is 0. The van der Waals surface area contributed by atoms with Crippen LogP contribution in [0.2, 0.25) is 0 Å². The van der Waals surface area contributed by atoms with Gasteiger partial charge in [-0.15, -0.1) is 0 Å². The Balaban J connectivity index is 4.37. The van der Waals surface area contributed by atoms with Crippen molar-refractivity contribution < 1.29 is 29.4 Å². The summed E-state index contributed by atoms with van der Waals surface area (Å²) in [6.45, 7) is 0.425. The van der Waals surface area contributed by atoms with Crippen LogP contribution in [0, 0.1) is 11.4 Å². The molecule has 0 saturated carbocycles. The lowest BCUT2D eigenvalue weighted by Gasteiger charge is -2.14. The second kappa shape index (κ2) is 11.3. The molecule has 0 aromatic carbocycles. The second-order valence-electron chi connectivity index (χ2n) is 4.77. The second-order valence-corrected chi connectivity index (χ2v) is 4.77. The molecule has 1 unspecified atom stereocenters. The van der Waals surface area contributed by atoms with Gasteiger partial charge in [0.2, 0.25) is 4.91 Å². The van der Waals surface area contributed by atoms with Crippen molar-refractivity contribution in [2.45, 2.75) is 44.9 Å². The molecule has 0 radical (unpaired) electrons. The molecular formula is C13H19N3O6. The largest absolute Gasteiger partial charge is 0.550 e. The van der Waals surface area contributed by atoms with Crippen LogP contribution in [0.4, 0.5) is 0 Å². The average molecular weight is 313 g/mol. The van der Waals surface area contributed by atoms with E-state index >= 15 is 0 Å². The van der Waals surface area contributed by atoms with Crippen molar-refractivity contribution in [2.24, 2.45) is 11.0 Å². The van der Waals surface area contributed by atoms with Crippen LogP contribution >= 0.6 is 0 Å². The van der Waals surface area contributed by atoms with Crippen molar-refractivity contribution in [3.05, 3.63) is 0 Å². The maximum Gasteiger partial charge on any atom is 0.310 e. The van der Waals surface area contributed by atoms with Gasteiger partial charge >= 0.3 is 5.97 Å². The summed E-state index contributed by atoms with van der Waals surface area (Å²) in [5, 5.41) is 22.5. The lowest BCUT2D eigenvalue weighted by molar-refractivity contribution is -0.304. The predicted molar refractivity (Wildman–Crippen MR) is 70.6 cm³/mol. The van der Waals surface area contributed by atoms with Gasteiger partial charge in [-0.1, -0.05) is 19.3 Å². The maximum atomic E-state index is 11.7. The highest BCUT2D eigenvalue weighted by Crippen LogP contribution is 2.16. The summed E-state index contributed by atoms with van der Waals surface area (Å²) in [7, 11) is 0. The molecule has 0 aliphatic heterocycles. The van der Waals surface area contributed by atoms with Gasteiger partial charge in [0, 0.05) is 12.4 Å². The van der Waals surface area contributed by atoms with Gasteiger partial charge in [-0.25, -0.2) is 0 Å². The van der Waals surface area contributed by atoms with E-state index in [1.807, 2.05) is 0 Å². The van der Waals surface area contributed by atoms with Crippen LogP contribution in [0.15, 0.2) is 5.11 Å². The number of carboxylic acids is 2. The fourth-order valence-corrected chi connectivity index (χ4v) is 1.97. The Kier molecular flexibility index (Phi) is 10.0. The van der Waals surface area contributed by atoms with Crippen LogP contribution in [-0.2, 0) is 19.2 Å². The van der Waals surface area contributed by atoms with Gasteiger partial charge in [0.05, 0.1) is 5.92 Å². The standard InChI is InChI=1S/C13H19N3O6/c14-16-15-6-4-2-1-3-5-9(10(17)7-12(19)20)11(18)8-13(21)22/h9,14H,1-8H2,(H-,19,20,21,22). The Morgan fingerprint density at radius 1 is 1.05 bits per heavy atom. The van der Waals surface area contributed by atoms with Gasteiger partial charge in [0.15, 0.2) is 5.78 Å². The monoisotopic (exact) mass is 313 g/mol. The number of ketones is 2. The molecule has 0 aromatic rings. The van der Waals surface area contributed by atoms with Crippen molar-refractivity contribution in [2.75, 3.05) is 6.54 Å². The van der Waals surface area contributed by atoms with Crippen LogP contribution in [0.1, 0.15) is 44.9 Å². The third kappa shape index (κ3) is 9.49. The topological polar surface area (TPSA) is 162 Å². The molecule has 22 heavy (non-hydrogen) atoms. The molecule has 0 aromatic heterocycles. The van der Waals surface area contributed by atoms with Crippen LogP contribution in [0.3, 0.4) is 0 Å². The Hall–Kier alpha value is -2.41. The molecule has 1 atom stereocenters. The van der Waals surface area contributed by atoms with Gasteiger partial charge in [-0.3, -0.25) is 14.4 Å². The summed E-state index contributed by atoms with van der Waals surface area (Å²) in [5.74, 6) is -5.73. The molecule has 0 bridgehead atoms. The molecule has 9 nitrogen and oxygen atoms in total. The van der Waals surface area contributed by atoms with Gasteiger partial charge < -0.3 is 15.0 Å². The normalized spacial score (nSPS) is 11.3. The van der Waals surface area contributed by atoms with Gasteiger partial charge in [-0.2, -0.15) is 0 Å². The SMILES string of the molecule is N=[N+]=NCCCCCCC(C(=O)CC(=O)[O-])C(=O)CC(=O)O. The zero-order chi connectivity index (χ0) is 17.0. The minimum atomic E-state index is -1.58. The molecule has 122 valence electrons. The van der Waals surface area contributed by atoms with E-state index in [1.54, 1.807) is 0 Å². The van der Waals surface area contributed by atoms with E-state index in [1.165, 1.54) is 0 Å². The number of nitrogens with one attached hydrogen (secondary N) is 1. The summed E-state index contributed by atoms with van der Waals surface area (Å²) < 4.78 is 0. The van der Waals surface area contributed by atoms with Crippen LogP contribution < -0.4 is 10.0 Å². The number of unbranched alkanes of at least 4 members (excludes halogenated alkanes) is 3. The first-order chi connectivity index (χ1) is 10.4. The van der Waals surface area contributed by atoms with Gasteiger partial charge in [-0.05, 0) is 12.8 Å². The van der Waals surface area contributed by atoms with Crippen LogP contribution in [0.5, 0.6) is 0 Å². The van der Waals surface area contributed by atoms with E-state index in [4.69, 9.17) is 10.6 Å². The molecule has 0 rings (SSSR count). The fraction of sp³-hybridized carbons (Fsp3) is 0.692. The highest BCUT2D eigenvalue weighted by atomic mass is 16.4. The van der Waals surface area contributed by atoms with Crippen molar-refractivity contribution in [3.63, 3.8) is 0 Å². The van der Waals surface area contributed by atoms with E-state index in [0.29, 0.717) is 25.8 Å². The van der Waals surface area contributed by atoms with E-state index < -0.39 is 42.3 Å².